The van der Waals surface area contributed by atoms with E-state index in [-0.39, 0.29) is 18.2 Å². The van der Waals surface area contributed by atoms with Gasteiger partial charge < -0.3 is 9.47 Å². The predicted molar refractivity (Wildman–Crippen MR) is 166 cm³/mol. The number of hydrazone groups is 1. The molecular weight excluding hydrogens is 591 g/mol. The average molecular weight is 623 g/mol. The van der Waals surface area contributed by atoms with E-state index < -0.39 is 41.7 Å². The Morgan fingerprint density at radius 1 is 0.957 bits per heavy atom. The minimum atomic E-state index is -1.12. The number of fused-ring (bicyclic) bond motifs is 2. The third kappa shape index (κ3) is 5.09. The molecule has 11 nitrogen and oxygen atoms in total. The number of hydrogen-bond acceptors (Lipinski definition) is 9. The molecule has 3 aliphatic heterocycles. The first kappa shape index (κ1) is 29.3. The maximum Gasteiger partial charge on any atom is 0.264 e. The molecule has 3 aromatic carbocycles. The Balaban J connectivity index is 1.19. The monoisotopic (exact) mass is 622 g/mol. The molecule has 0 bridgehead atoms. The maximum atomic E-state index is 14.1. The summed E-state index contributed by atoms with van der Waals surface area (Å²) in [6.07, 6.45) is 4.68. The maximum absolute atomic E-state index is 14.1. The van der Waals surface area contributed by atoms with Crippen LogP contribution >= 0.6 is 0 Å². The van der Waals surface area contributed by atoms with Crippen LogP contribution < -0.4 is 14.4 Å². The van der Waals surface area contributed by atoms with Crippen molar-refractivity contribution in [2.24, 2.45) is 21.4 Å². The highest BCUT2D eigenvalue weighted by molar-refractivity contribution is 6.25. The van der Waals surface area contributed by atoms with Crippen LogP contribution in [-0.4, -0.2) is 66.3 Å². The van der Waals surface area contributed by atoms with E-state index in [0.717, 1.165) is 58.4 Å². The predicted octanol–water partition coefficient (Wildman–Crippen LogP) is 4.96. The van der Waals surface area contributed by atoms with Gasteiger partial charge in [-0.2, -0.15) is 10.2 Å². The summed E-state index contributed by atoms with van der Waals surface area (Å²) in [5.74, 6) is -0.797. The zero-order valence-electron chi connectivity index (χ0n) is 25.2. The number of benzene rings is 3. The fourth-order valence-corrected chi connectivity index (χ4v) is 6.68. The highest BCUT2D eigenvalue weighted by Gasteiger charge is 2.55. The van der Waals surface area contributed by atoms with Crippen molar-refractivity contribution in [1.29, 1.82) is 0 Å². The molecule has 12 heteroatoms. The average Bonchev–Trinajstić information content (AvgIpc) is 3.74. The molecule has 0 spiro atoms. The lowest BCUT2D eigenvalue weighted by Gasteiger charge is -2.30. The third-order valence-electron chi connectivity index (χ3n) is 8.89. The van der Waals surface area contributed by atoms with Gasteiger partial charge in [0, 0.05) is 5.92 Å². The van der Waals surface area contributed by atoms with Crippen LogP contribution in [0.2, 0.25) is 0 Å². The molecule has 46 heavy (non-hydrogen) atoms. The van der Waals surface area contributed by atoms with E-state index in [2.05, 4.69) is 16.4 Å². The summed E-state index contributed by atoms with van der Waals surface area (Å²) in [6, 6.07) is 18.0. The van der Waals surface area contributed by atoms with Crippen LogP contribution in [-0.2, 0) is 14.4 Å². The standard InChI is InChI=1S/C34H31FN6O5/c1-45-25-13-9-20(10-14-25)17-22-5-3-8-27-29(22)37-41(31(27)21-11-15-26(46-2)16-12-21)28(42)19-39-32-30(36-38-39)33(43)40(34(32)44)24-7-4-6-23(35)18-24/h4,6-7,9-18,27,30-32H,3,5,8,19H2,1-2H3/b22-17+/t27-,30+,31-,32+/m1/s1. The lowest BCUT2D eigenvalue weighted by Crippen LogP contribution is -2.45. The quantitative estimate of drug-likeness (QED) is 0.344. The van der Waals surface area contributed by atoms with Crippen molar-refractivity contribution in [2.45, 2.75) is 37.4 Å². The number of carbonyl (C=O) groups excluding carboxylic acids is 3. The Morgan fingerprint density at radius 2 is 1.67 bits per heavy atom. The number of halogens is 1. The summed E-state index contributed by atoms with van der Waals surface area (Å²) in [5, 5.41) is 15.8. The van der Waals surface area contributed by atoms with Crippen LogP contribution in [0, 0.1) is 11.7 Å². The van der Waals surface area contributed by atoms with Crippen molar-refractivity contribution >= 4 is 35.2 Å². The highest BCUT2D eigenvalue weighted by atomic mass is 19.1. The summed E-state index contributed by atoms with van der Waals surface area (Å²) in [4.78, 5) is 41.6. The van der Waals surface area contributed by atoms with Crippen LogP contribution in [0.3, 0.4) is 0 Å². The van der Waals surface area contributed by atoms with Crippen LogP contribution in [0.4, 0.5) is 10.1 Å². The lowest BCUT2D eigenvalue weighted by molar-refractivity contribution is -0.136. The highest BCUT2D eigenvalue weighted by Crippen LogP contribution is 2.45. The van der Waals surface area contributed by atoms with E-state index in [1.165, 1.54) is 28.2 Å². The van der Waals surface area contributed by atoms with Gasteiger partial charge in [0.2, 0.25) is 0 Å². The zero-order chi connectivity index (χ0) is 31.9. The first-order valence-electron chi connectivity index (χ1n) is 15.1. The molecule has 4 aliphatic rings. The topological polar surface area (TPSA) is 116 Å². The number of ether oxygens (including phenoxy) is 2. The summed E-state index contributed by atoms with van der Waals surface area (Å²) in [6.45, 7) is -0.325. The van der Waals surface area contributed by atoms with E-state index in [1.807, 2.05) is 48.5 Å². The molecule has 234 valence electrons. The lowest BCUT2D eigenvalue weighted by atomic mass is 9.77. The summed E-state index contributed by atoms with van der Waals surface area (Å²) < 4.78 is 24.6. The molecule has 7 rings (SSSR count). The molecule has 0 radical (unpaired) electrons. The fourth-order valence-electron chi connectivity index (χ4n) is 6.68. The van der Waals surface area contributed by atoms with Crippen LogP contribution in [0.25, 0.3) is 6.08 Å². The molecule has 3 aromatic rings. The molecule has 0 unspecified atom stereocenters. The molecule has 0 N–H and O–H groups in total. The number of methoxy groups -OCH3 is 2. The van der Waals surface area contributed by atoms with Crippen molar-refractivity contribution in [3.8, 4) is 11.5 Å². The molecule has 1 saturated heterocycles. The second-order valence-corrected chi connectivity index (χ2v) is 11.6. The van der Waals surface area contributed by atoms with Crippen molar-refractivity contribution in [3.63, 3.8) is 0 Å². The molecule has 1 saturated carbocycles. The normalized spacial score (nSPS) is 24.4. The number of anilines is 1. The first-order chi connectivity index (χ1) is 22.4. The molecule has 3 heterocycles. The number of carbonyl (C=O) groups is 3. The van der Waals surface area contributed by atoms with Gasteiger partial charge in [-0.05, 0) is 84.5 Å². The minimum Gasteiger partial charge on any atom is -0.497 e. The Kier molecular flexibility index (Phi) is 7.55. The second kappa shape index (κ2) is 11.8. The van der Waals surface area contributed by atoms with Gasteiger partial charge in [-0.1, -0.05) is 35.6 Å². The zero-order valence-corrected chi connectivity index (χ0v) is 25.2. The number of nitrogens with zero attached hydrogens (tertiary/aromatic N) is 6. The molecular formula is C34H31FN6O5. The molecule has 0 aromatic heterocycles. The van der Waals surface area contributed by atoms with Gasteiger partial charge in [-0.25, -0.2) is 14.3 Å². The Morgan fingerprint density at radius 3 is 2.37 bits per heavy atom. The molecule has 2 fully saturated rings. The smallest absolute Gasteiger partial charge is 0.264 e. The van der Waals surface area contributed by atoms with E-state index in [9.17, 15) is 18.8 Å². The number of rotatable bonds is 7. The molecule has 3 amide bonds. The van der Waals surface area contributed by atoms with Gasteiger partial charge >= 0.3 is 0 Å². The van der Waals surface area contributed by atoms with Gasteiger partial charge in [0.05, 0.1) is 31.7 Å². The Labute approximate surface area is 264 Å². The second-order valence-electron chi connectivity index (χ2n) is 11.6. The first-order valence-corrected chi connectivity index (χ1v) is 15.1. The van der Waals surface area contributed by atoms with E-state index in [1.54, 1.807) is 14.2 Å². The molecule has 4 atom stereocenters. The van der Waals surface area contributed by atoms with E-state index in [4.69, 9.17) is 14.6 Å². The van der Waals surface area contributed by atoms with Gasteiger partial charge in [-0.3, -0.25) is 19.4 Å². The number of imide groups is 1. The molecule has 1 aliphatic carbocycles. The fraction of sp³-hybridized carbons (Fsp3) is 0.294. The van der Waals surface area contributed by atoms with Gasteiger partial charge in [-0.15, -0.1) is 0 Å². The van der Waals surface area contributed by atoms with Gasteiger partial charge in [0.25, 0.3) is 17.7 Å². The van der Waals surface area contributed by atoms with Crippen LogP contribution in [0.15, 0.2) is 93.8 Å². The van der Waals surface area contributed by atoms with Crippen molar-refractivity contribution in [1.82, 2.24) is 10.0 Å². The third-order valence-corrected chi connectivity index (χ3v) is 8.89. The Hall–Kier alpha value is -5.39. The van der Waals surface area contributed by atoms with Crippen LogP contribution in [0.1, 0.15) is 36.4 Å². The van der Waals surface area contributed by atoms with Gasteiger partial charge in [0.15, 0.2) is 12.1 Å². The van der Waals surface area contributed by atoms with Gasteiger partial charge in [0.1, 0.15) is 23.9 Å². The summed E-state index contributed by atoms with van der Waals surface area (Å²) in [7, 11) is 3.23. The SMILES string of the molecule is COc1ccc(/C=C2\CCC[C@@H]3C2=NN(C(=O)CN2N=N[C@@H]4C(=O)N(c5cccc(F)c5)C(=O)[C@H]42)[C@@H]3c2ccc(OC)cc2)cc1. The summed E-state index contributed by atoms with van der Waals surface area (Å²) in [5.41, 5.74) is 3.91. The van der Waals surface area contributed by atoms with Crippen molar-refractivity contribution < 1.29 is 28.2 Å². The van der Waals surface area contributed by atoms with E-state index >= 15 is 0 Å². The number of allylic oxidation sites excluding steroid dienone is 1. The number of hydrogen-bond donors (Lipinski definition) is 0. The van der Waals surface area contributed by atoms with Crippen molar-refractivity contribution in [2.75, 3.05) is 25.7 Å². The van der Waals surface area contributed by atoms with Crippen LogP contribution in [0.5, 0.6) is 11.5 Å². The van der Waals surface area contributed by atoms with Crippen molar-refractivity contribution in [3.05, 3.63) is 95.3 Å². The number of amides is 3. The van der Waals surface area contributed by atoms with E-state index in [0.29, 0.717) is 5.75 Å². The minimum absolute atomic E-state index is 0.0540. The summed E-state index contributed by atoms with van der Waals surface area (Å²) >= 11 is 0. The largest absolute Gasteiger partial charge is 0.497 e. The Bertz CT molecular complexity index is 1790.